The molecule has 0 aliphatic carbocycles. The maximum Gasteiger partial charge on any atom is 0.302 e. The van der Waals surface area contributed by atoms with Crippen LogP contribution >= 0.6 is 0 Å². The van der Waals surface area contributed by atoms with Gasteiger partial charge in [0.1, 0.15) is 18.1 Å². The van der Waals surface area contributed by atoms with E-state index in [0.29, 0.717) is 43.5 Å². The van der Waals surface area contributed by atoms with Gasteiger partial charge < -0.3 is 23.7 Å². The number of rotatable bonds is 7. The first-order valence-electron chi connectivity index (χ1n) is 7.84. The minimum absolute atomic E-state index is 0.0959. The SMILES string of the molecule is CCOc1cc(C2(C)OCCO2)cc(OCC)c1COC(C)=O. The minimum atomic E-state index is -0.822. The molecule has 1 aromatic rings. The van der Waals surface area contributed by atoms with Crippen molar-refractivity contribution < 1.29 is 28.5 Å². The first-order chi connectivity index (χ1) is 11.0. The Labute approximate surface area is 136 Å². The molecule has 0 unspecified atom stereocenters. The molecule has 1 saturated heterocycles. The van der Waals surface area contributed by atoms with Crippen LogP contribution in [0, 0.1) is 0 Å². The van der Waals surface area contributed by atoms with Crippen molar-refractivity contribution in [2.24, 2.45) is 0 Å². The Hall–Kier alpha value is -1.79. The van der Waals surface area contributed by atoms with Gasteiger partial charge in [0.25, 0.3) is 0 Å². The van der Waals surface area contributed by atoms with Gasteiger partial charge >= 0.3 is 5.97 Å². The zero-order valence-electron chi connectivity index (χ0n) is 14.1. The molecule has 2 rings (SSSR count). The van der Waals surface area contributed by atoms with Gasteiger partial charge in [-0.3, -0.25) is 4.79 Å². The summed E-state index contributed by atoms with van der Waals surface area (Å²) in [4.78, 5) is 11.1. The molecule has 23 heavy (non-hydrogen) atoms. The fourth-order valence-electron chi connectivity index (χ4n) is 2.45. The fourth-order valence-corrected chi connectivity index (χ4v) is 2.45. The summed E-state index contributed by atoms with van der Waals surface area (Å²) in [6.45, 7) is 9.18. The molecule has 1 fully saturated rings. The third-order valence-corrected chi connectivity index (χ3v) is 3.55. The second kappa shape index (κ2) is 7.66. The lowest BCUT2D eigenvalue weighted by Gasteiger charge is -2.25. The van der Waals surface area contributed by atoms with Crippen LogP contribution in [0.25, 0.3) is 0 Å². The summed E-state index contributed by atoms with van der Waals surface area (Å²) in [7, 11) is 0. The van der Waals surface area contributed by atoms with Crippen molar-refractivity contribution in [3.8, 4) is 11.5 Å². The molecule has 1 aliphatic heterocycles. The topological polar surface area (TPSA) is 63.2 Å². The Morgan fingerprint density at radius 1 is 1.13 bits per heavy atom. The Morgan fingerprint density at radius 3 is 2.09 bits per heavy atom. The quantitative estimate of drug-likeness (QED) is 0.719. The summed E-state index contributed by atoms with van der Waals surface area (Å²) < 4.78 is 28.0. The highest BCUT2D eigenvalue weighted by Crippen LogP contribution is 2.39. The van der Waals surface area contributed by atoms with Crippen LogP contribution in [0.2, 0.25) is 0 Å². The van der Waals surface area contributed by atoms with Crippen LogP contribution in [0.5, 0.6) is 11.5 Å². The number of hydrogen-bond acceptors (Lipinski definition) is 6. The summed E-state index contributed by atoms with van der Waals surface area (Å²) in [5.74, 6) is 0.0379. The molecule has 0 saturated carbocycles. The standard InChI is InChI=1S/C17H24O6/c1-5-19-15-9-13(17(4)22-7-8-23-17)10-16(20-6-2)14(15)11-21-12(3)18/h9-10H,5-8,11H2,1-4H3. The lowest BCUT2D eigenvalue weighted by molar-refractivity contribution is -0.150. The van der Waals surface area contributed by atoms with Gasteiger partial charge in [-0.05, 0) is 32.9 Å². The number of carbonyl (C=O) groups excluding carboxylic acids is 1. The highest BCUT2D eigenvalue weighted by atomic mass is 16.7. The van der Waals surface area contributed by atoms with E-state index in [1.165, 1.54) is 6.92 Å². The highest BCUT2D eigenvalue weighted by Gasteiger charge is 2.35. The average Bonchev–Trinajstić information content (AvgIpc) is 2.94. The lowest BCUT2D eigenvalue weighted by atomic mass is 10.0. The number of carbonyl (C=O) groups is 1. The number of hydrogen-bond donors (Lipinski definition) is 0. The molecule has 0 radical (unpaired) electrons. The summed E-state index contributed by atoms with van der Waals surface area (Å²) in [5.41, 5.74) is 1.52. The maximum atomic E-state index is 11.1. The van der Waals surface area contributed by atoms with Crippen molar-refractivity contribution in [1.29, 1.82) is 0 Å². The van der Waals surface area contributed by atoms with Gasteiger partial charge in [0.2, 0.25) is 0 Å². The van der Waals surface area contributed by atoms with Gasteiger partial charge in [0.15, 0.2) is 5.79 Å². The molecule has 1 aromatic carbocycles. The summed E-state index contributed by atoms with van der Waals surface area (Å²) in [6.07, 6.45) is 0. The lowest BCUT2D eigenvalue weighted by Crippen LogP contribution is -2.23. The van der Waals surface area contributed by atoms with Crippen molar-refractivity contribution in [3.05, 3.63) is 23.3 Å². The zero-order chi connectivity index (χ0) is 16.9. The van der Waals surface area contributed by atoms with Crippen molar-refractivity contribution in [1.82, 2.24) is 0 Å². The largest absolute Gasteiger partial charge is 0.493 e. The first-order valence-corrected chi connectivity index (χ1v) is 7.84. The Morgan fingerprint density at radius 2 is 1.65 bits per heavy atom. The summed E-state index contributed by atoms with van der Waals surface area (Å²) in [5, 5.41) is 0. The van der Waals surface area contributed by atoms with E-state index in [1.54, 1.807) is 0 Å². The second-order valence-corrected chi connectivity index (χ2v) is 5.24. The molecule has 6 heteroatoms. The Kier molecular flexibility index (Phi) is 5.85. The second-order valence-electron chi connectivity index (χ2n) is 5.24. The predicted molar refractivity (Wildman–Crippen MR) is 83.5 cm³/mol. The molecule has 0 atom stereocenters. The fraction of sp³-hybridized carbons (Fsp3) is 0.588. The third kappa shape index (κ3) is 4.14. The molecule has 1 aliphatic rings. The van der Waals surface area contributed by atoms with Crippen LogP contribution in [-0.2, 0) is 31.4 Å². The van der Waals surface area contributed by atoms with Crippen molar-refractivity contribution in [2.45, 2.75) is 40.1 Å². The van der Waals surface area contributed by atoms with Gasteiger partial charge in [-0.2, -0.15) is 0 Å². The van der Waals surface area contributed by atoms with Gasteiger partial charge in [-0.15, -0.1) is 0 Å². The van der Waals surface area contributed by atoms with E-state index in [0.717, 1.165) is 5.56 Å². The molecule has 128 valence electrons. The van der Waals surface area contributed by atoms with E-state index in [1.807, 2.05) is 32.9 Å². The van der Waals surface area contributed by atoms with Crippen molar-refractivity contribution in [2.75, 3.05) is 26.4 Å². The van der Waals surface area contributed by atoms with E-state index in [-0.39, 0.29) is 12.6 Å². The molecular weight excluding hydrogens is 300 g/mol. The van der Waals surface area contributed by atoms with Crippen LogP contribution in [0.15, 0.2) is 12.1 Å². The van der Waals surface area contributed by atoms with Crippen LogP contribution in [-0.4, -0.2) is 32.4 Å². The molecule has 0 spiro atoms. The summed E-state index contributed by atoms with van der Waals surface area (Å²) in [6, 6.07) is 3.71. The minimum Gasteiger partial charge on any atom is -0.493 e. The molecule has 0 amide bonds. The maximum absolute atomic E-state index is 11.1. The van der Waals surface area contributed by atoms with E-state index in [9.17, 15) is 4.79 Å². The highest BCUT2D eigenvalue weighted by molar-refractivity contribution is 5.66. The smallest absolute Gasteiger partial charge is 0.302 e. The van der Waals surface area contributed by atoms with Crippen LogP contribution in [0.4, 0.5) is 0 Å². The zero-order valence-corrected chi connectivity index (χ0v) is 14.1. The number of ether oxygens (including phenoxy) is 5. The van der Waals surface area contributed by atoms with E-state index < -0.39 is 5.79 Å². The molecule has 0 bridgehead atoms. The third-order valence-electron chi connectivity index (χ3n) is 3.55. The first kappa shape index (κ1) is 17.6. The van der Waals surface area contributed by atoms with Gasteiger partial charge in [-0.1, -0.05) is 0 Å². The monoisotopic (exact) mass is 324 g/mol. The van der Waals surface area contributed by atoms with Crippen LogP contribution < -0.4 is 9.47 Å². The van der Waals surface area contributed by atoms with Gasteiger partial charge in [0.05, 0.1) is 32.0 Å². The number of esters is 1. The Bertz CT molecular complexity index is 521. The number of benzene rings is 1. The molecule has 6 nitrogen and oxygen atoms in total. The van der Waals surface area contributed by atoms with Crippen LogP contribution in [0.3, 0.4) is 0 Å². The van der Waals surface area contributed by atoms with Gasteiger partial charge in [-0.25, -0.2) is 0 Å². The normalized spacial score (nSPS) is 16.2. The van der Waals surface area contributed by atoms with E-state index in [4.69, 9.17) is 23.7 Å². The van der Waals surface area contributed by atoms with Crippen molar-refractivity contribution in [3.63, 3.8) is 0 Å². The average molecular weight is 324 g/mol. The van der Waals surface area contributed by atoms with Crippen molar-refractivity contribution >= 4 is 5.97 Å². The van der Waals surface area contributed by atoms with Gasteiger partial charge in [0, 0.05) is 12.5 Å². The van der Waals surface area contributed by atoms with Crippen LogP contribution in [0.1, 0.15) is 38.8 Å². The van der Waals surface area contributed by atoms with E-state index in [2.05, 4.69) is 0 Å². The molecule has 0 N–H and O–H groups in total. The summed E-state index contributed by atoms with van der Waals surface area (Å²) >= 11 is 0. The molecular formula is C17H24O6. The Balaban J connectivity index is 2.44. The predicted octanol–water partition coefficient (Wildman–Crippen LogP) is 2.77. The molecule has 0 aromatic heterocycles. The van der Waals surface area contributed by atoms with E-state index >= 15 is 0 Å². The molecule has 1 heterocycles.